The third kappa shape index (κ3) is 13.4. The molecule has 0 heterocycles. The first kappa shape index (κ1) is 23.4. The van der Waals surface area contributed by atoms with E-state index >= 15 is 0 Å². The topological polar surface area (TPSA) is 95.5 Å². The second-order valence-electron chi connectivity index (χ2n) is 6.98. The number of unbranched alkanes of at least 4 members (excludes halogenated alkanes) is 8. The van der Waals surface area contributed by atoms with E-state index in [4.69, 9.17) is 5.11 Å². The molecule has 0 aromatic carbocycles. The number of carbonyl (C=O) groups is 3. The molecule has 25 heavy (non-hydrogen) atoms. The van der Waals surface area contributed by atoms with Gasteiger partial charge in [0.2, 0.25) is 11.8 Å². The van der Waals surface area contributed by atoms with Crippen LogP contribution in [0.1, 0.15) is 85.0 Å². The Hall–Kier alpha value is -1.59. The Kier molecular flexibility index (Phi) is 13.8. The lowest BCUT2D eigenvalue weighted by atomic mass is 10.0. The zero-order valence-electron chi connectivity index (χ0n) is 16.1. The zero-order valence-corrected chi connectivity index (χ0v) is 16.1. The minimum Gasteiger partial charge on any atom is -0.480 e. The molecule has 0 aromatic heterocycles. The summed E-state index contributed by atoms with van der Waals surface area (Å²) in [7, 11) is 0. The fourth-order valence-corrected chi connectivity index (χ4v) is 2.60. The van der Waals surface area contributed by atoms with Gasteiger partial charge in [-0.05, 0) is 12.3 Å². The highest BCUT2D eigenvalue weighted by Crippen LogP contribution is 2.10. The average Bonchev–Trinajstić information content (AvgIpc) is 2.55. The van der Waals surface area contributed by atoms with Crippen LogP contribution in [0.2, 0.25) is 0 Å². The van der Waals surface area contributed by atoms with Crippen molar-refractivity contribution < 1.29 is 19.5 Å². The molecule has 3 N–H and O–H groups in total. The van der Waals surface area contributed by atoms with Gasteiger partial charge in [0.1, 0.15) is 6.04 Å². The molecule has 0 aromatic rings. The summed E-state index contributed by atoms with van der Waals surface area (Å²) in [5.74, 6) is -1.90. The molecule has 0 bridgehead atoms. The lowest BCUT2D eigenvalue weighted by Gasteiger charge is -2.17. The van der Waals surface area contributed by atoms with Gasteiger partial charge in [-0.15, -0.1) is 0 Å². The summed E-state index contributed by atoms with van der Waals surface area (Å²) in [5, 5.41) is 14.0. The lowest BCUT2D eigenvalue weighted by Crippen LogP contribution is -2.48. The molecule has 0 fully saturated rings. The minimum atomic E-state index is -1.07. The number of aliphatic carboxylic acids is 1. The third-order valence-corrected chi connectivity index (χ3v) is 4.20. The van der Waals surface area contributed by atoms with Crippen LogP contribution in [0.3, 0.4) is 0 Å². The Labute approximate surface area is 152 Å². The highest BCUT2D eigenvalue weighted by Gasteiger charge is 2.23. The molecule has 6 heteroatoms. The van der Waals surface area contributed by atoms with Gasteiger partial charge in [-0.2, -0.15) is 0 Å². The number of carbonyl (C=O) groups excluding carboxylic acids is 2. The van der Waals surface area contributed by atoms with Crippen molar-refractivity contribution in [3.8, 4) is 0 Å². The Morgan fingerprint density at radius 3 is 1.84 bits per heavy atom. The monoisotopic (exact) mass is 356 g/mol. The van der Waals surface area contributed by atoms with Gasteiger partial charge < -0.3 is 15.7 Å². The maximum Gasteiger partial charge on any atom is 0.326 e. The molecule has 146 valence electrons. The fraction of sp³-hybridized carbons (Fsp3) is 0.842. The van der Waals surface area contributed by atoms with Crippen molar-refractivity contribution >= 4 is 17.8 Å². The van der Waals surface area contributed by atoms with E-state index in [1.807, 2.05) is 0 Å². The third-order valence-electron chi connectivity index (χ3n) is 4.20. The van der Waals surface area contributed by atoms with Crippen LogP contribution in [0, 0.1) is 5.92 Å². The van der Waals surface area contributed by atoms with E-state index in [0.717, 1.165) is 19.3 Å². The quantitative estimate of drug-likeness (QED) is 0.393. The van der Waals surface area contributed by atoms with Crippen LogP contribution in [-0.4, -0.2) is 35.5 Å². The Morgan fingerprint density at radius 1 is 0.840 bits per heavy atom. The number of hydrogen-bond donors (Lipinski definition) is 3. The molecule has 0 aliphatic carbocycles. The van der Waals surface area contributed by atoms with E-state index in [1.165, 1.54) is 38.5 Å². The van der Waals surface area contributed by atoms with Crippen molar-refractivity contribution in [3.05, 3.63) is 0 Å². The summed E-state index contributed by atoms with van der Waals surface area (Å²) in [6.07, 6.45) is 11.1. The van der Waals surface area contributed by atoms with Crippen molar-refractivity contribution in [3.63, 3.8) is 0 Å². The molecule has 6 nitrogen and oxygen atoms in total. The maximum atomic E-state index is 11.7. The van der Waals surface area contributed by atoms with Crippen LogP contribution >= 0.6 is 0 Å². The van der Waals surface area contributed by atoms with Gasteiger partial charge in [-0.25, -0.2) is 4.79 Å². The molecule has 0 radical (unpaired) electrons. The van der Waals surface area contributed by atoms with Crippen LogP contribution in [0.25, 0.3) is 0 Å². The first-order valence-electron chi connectivity index (χ1n) is 9.67. The molecule has 2 amide bonds. The van der Waals surface area contributed by atoms with Gasteiger partial charge in [0.25, 0.3) is 0 Å². The lowest BCUT2D eigenvalue weighted by molar-refractivity contribution is -0.143. The highest BCUT2D eigenvalue weighted by molar-refractivity contribution is 5.87. The van der Waals surface area contributed by atoms with Crippen molar-refractivity contribution in [2.24, 2.45) is 5.92 Å². The minimum absolute atomic E-state index is 0.158. The number of carboxylic acids is 1. The van der Waals surface area contributed by atoms with Crippen molar-refractivity contribution in [2.45, 2.75) is 91.0 Å². The number of hydrogen-bond acceptors (Lipinski definition) is 3. The second-order valence-corrected chi connectivity index (χ2v) is 6.98. The van der Waals surface area contributed by atoms with E-state index in [9.17, 15) is 14.4 Å². The predicted octanol–water partition coefficient (Wildman–Crippen LogP) is 3.25. The second kappa shape index (κ2) is 14.7. The standard InChI is InChI=1S/C19H36N2O4/c1-4-5-6-7-8-9-10-11-12-13-16(22)20-14-17(23)21-18(15(2)3)19(24)25/h15,18H,4-14H2,1-3H3,(H,20,22)(H,21,23)(H,24,25). The predicted molar refractivity (Wildman–Crippen MR) is 99.3 cm³/mol. The molecule has 0 saturated carbocycles. The molecule has 0 rings (SSSR count). The Morgan fingerprint density at radius 2 is 1.36 bits per heavy atom. The summed E-state index contributed by atoms with van der Waals surface area (Å²) in [6, 6.07) is -0.929. The Balaban J connectivity index is 3.66. The van der Waals surface area contributed by atoms with Crippen LogP contribution in [0.4, 0.5) is 0 Å². The van der Waals surface area contributed by atoms with Gasteiger partial charge >= 0.3 is 5.97 Å². The summed E-state index contributed by atoms with van der Waals surface area (Å²) >= 11 is 0. The van der Waals surface area contributed by atoms with E-state index in [0.29, 0.717) is 6.42 Å². The van der Waals surface area contributed by atoms with E-state index in [2.05, 4.69) is 17.6 Å². The molecule has 0 aliphatic heterocycles. The van der Waals surface area contributed by atoms with Gasteiger partial charge in [0, 0.05) is 6.42 Å². The molecule has 1 unspecified atom stereocenters. The van der Waals surface area contributed by atoms with Crippen LogP contribution < -0.4 is 10.6 Å². The highest BCUT2D eigenvalue weighted by atomic mass is 16.4. The smallest absolute Gasteiger partial charge is 0.326 e. The van der Waals surface area contributed by atoms with Gasteiger partial charge in [-0.1, -0.05) is 72.1 Å². The number of amides is 2. The first-order chi connectivity index (χ1) is 11.9. The largest absolute Gasteiger partial charge is 0.480 e. The number of carboxylic acid groups (broad SMARTS) is 1. The number of nitrogens with one attached hydrogen (secondary N) is 2. The zero-order chi connectivity index (χ0) is 19.1. The van der Waals surface area contributed by atoms with Gasteiger partial charge in [-0.3, -0.25) is 9.59 Å². The average molecular weight is 357 g/mol. The SMILES string of the molecule is CCCCCCCCCCCC(=O)NCC(=O)NC(C(=O)O)C(C)C. The van der Waals surface area contributed by atoms with E-state index < -0.39 is 17.9 Å². The number of rotatable bonds is 15. The maximum absolute atomic E-state index is 11.7. The van der Waals surface area contributed by atoms with Crippen molar-refractivity contribution in [2.75, 3.05) is 6.54 Å². The van der Waals surface area contributed by atoms with E-state index in [-0.39, 0.29) is 18.4 Å². The molecule has 0 spiro atoms. The first-order valence-corrected chi connectivity index (χ1v) is 9.67. The summed E-state index contributed by atoms with van der Waals surface area (Å²) in [4.78, 5) is 34.4. The summed E-state index contributed by atoms with van der Waals surface area (Å²) < 4.78 is 0. The van der Waals surface area contributed by atoms with Crippen molar-refractivity contribution in [1.29, 1.82) is 0 Å². The molecule has 0 saturated heterocycles. The molecular weight excluding hydrogens is 320 g/mol. The normalized spacial score (nSPS) is 12.0. The molecule has 1 atom stereocenters. The molecule has 0 aliphatic rings. The fourth-order valence-electron chi connectivity index (χ4n) is 2.60. The summed E-state index contributed by atoms with van der Waals surface area (Å²) in [5.41, 5.74) is 0. The van der Waals surface area contributed by atoms with Gasteiger partial charge in [0.05, 0.1) is 6.54 Å². The van der Waals surface area contributed by atoms with E-state index in [1.54, 1.807) is 13.8 Å². The van der Waals surface area contributed by atoms with Crippen LogP contribution in [0.15, 0.2) is 0 Å². The van der Waals surface area contributed by atoms with Gasteiger partial charge in [0.15, 0.2) is 0 Å². The Bertz CT molecular complexity index is 397. The van der Waals surface area contributed by atoms with Crippen molar-refractivity contribution in [1.82, 2.24) is 10.6 Å². The van der Waals surface area contributed by atoms with Crippen LogP contribution in [0.5, 0.6) is 0 Å². The summed E-state index contributed by atoms with van der Waals surface area (Å²) in [6.45, 7) is 5.49. The van der Waals surface area contributed by atoms with Crippen LogP contribution in [-0.2, 0) is 14.4 Å². The molecular formula is C19H36N2O4.